The number of carbonyl (C=O) groups excluding carboxylic acids is 1. The zero-order valence-electron chi connectivity index (χ0n) is 12.5. The molecule has 1 amide bonds. The molecule has 1 fully saturated rings. The molecular weight excluding hydrogens is 282 g/mol. The van der Waals surface area contributed by atoms with E-state index in [9.17, 15) is 4.79 Å². The van der Waals surface area contributed by atoms with Crippen LogP contribution in [0, 0.1) is 5.92 Å². The van der Waals surface area contributed by atoms with Crippen LogP contribution in [0.3, 0.4) is 0 Å². The molecule has 0 aromatic carbocycles. The lowest BCUT2D eigenvalue weighted by Gasteiger charge is -2.34. The molecule has 0 radical (unpaired) electrons. The summed E-state index contributed by atoms with van der Waals surface area (Å²) < 4.78 is 0.976. The highest BCUT2D eigenvalue weighted by Crippen LogP contribution is 2.34. The number of pyridine rings is 1. The molecule has 0 aliphatic heterocycles. The summed E-state index contributed by atoms with van der Waals surface area (Å²) in [6, 6.07) is 4.17. The maximum atomic E-state index is 12.8. The second kappa shape index (κ2) is 5.64. The predicted octanol–water partition coefficient (Wildman–Crippen LogP) is 3.53. The third kappa shape index (κ3) is 2.62. The fourth-order valence-corrected chi connectivity index (χ4v) is 4.25. The zero-order chi connectivity index (χ0) is 15.0. The largest absolute Gasteiger partial charge is 0.396 e. The summed E-state index contributed by atoms with van der Waals surface area (Å²) in [6.07, 6.45) is 6.37. The molecule has 1 saturated carbocycles. The molecule has 1 aliphatic rings. The van der Waals surface area contributed by atoms with Gasteiger partial charge in [-0.15, -0.1) is 11.3 Å². The molecule has 2 atom stereocenters. The Morgan fingerprint density at radius 2 is 2.29 bits per heavy atom. The van der Waals surface area contributed by atoms with E-state index in [2.05, 4.69) is 11.9 Å². The number of fused-ring (bicyclic) bond motifs is 1. The number of thiophene rings is 1. The molecule has 2 unspecified atom stereocenters. The van der Waals surface area contributed by atoms with E-state index in [1.165, 1.54) is 24.2 Å². The molecule has 2 heterocycles. The van der Waals surface area contributed by atoms with E-state index in [0.717, 1.165) is 23.1 Å². The van der Waals surface area contributed by atoms with Crippen molar-refractivity contribution in [1.29, 1.82) is 0 Å². The monoisotopic (exact) mass is 303 g/mol. The first kappa shape index (κ1) is 14.3. The second-order valence-electron chi connectivity index (χ2n) is 6.04. The van der Waals surface area contributed by atoms with E-state index in [4.69, 9.17) is 5.73 Å². The summed E-state index contributed by atoms with van der Waals surface area (Å²) in [5.74, 6) is 0.732. The van der Waals surface area contributed by atoms with Crippen LogP contribution in [0.4, 0.5) is 5.69 Å². The van der Waals surface area contributed by atoms with E-state index < -0.39 is 0 Å². The van der Waals surface area contributed by atoms with Crippen molar-refractivity contribution in [3.63, 3.8) is 0 Å². The van der Waals surface area contributed by atoms with E-state index in [-0.39, 0.29) is 5.91 Å². The molecule has 2 aromatic rings. The summed E-state index contributed by atoms with van der Waals surface area (Å²) in [6.45, 7) is 2.27. The van der Waals surface area contributed by atoms with E-state index in [1.807, 2.05) is 24.1 Å². The number of nitrogen functional groups attached to an aromatic ring is 1. The van der Waals surface area contributed by atoms with Gasteiger partial charge in [0, 0.05) is 19.3 Å². The average Bonchev–Trinajstić information content (AvgIpc) is 2.83. The zero-order valence-corrected chi connectivity index (χ0v) is 13.3. The van der Waals surface area contributed by atoms with Gasteiger partial charge < -0.3 is 10.6 Å². The Hall–Kier alpha value is -1.62. The van der Waals surface area contributed by atoms with Crippen LogP contribution in [0.1, 0.15) is 42.3 Å². The fraction of sp³-hybridized carbons (Fsp3) is 0.500. The van der Waals surface area contributed by atoms with Crippen molar-refractivity contribution in [2.45, 2.75) is 38.6 Å². The summed E-state index contributed by atoms with van der Waals surface area (Å²) in [5, 5.41) is 0. The molecule has 1 aliphatic carbocycles. The summed E-state index contributed by atoms with van der Waals surface area (Å²) >= 11 is 1.45. The molecule has 112 valence electrons. The van der Waals surface area contributed by atoms with Crippen molar-refractivity contribution in [3.05, 3.63) is 23.2 Å². The van der Waals surface area contributed by atoms with Gasteiger partial charge in [-0.1, -0.05) is 19.8 Å². The van der Waals surface area contributed by atoms with Crippen LogP contribution in [-0.2, 0) is 0 Å². The molecule has 4 nitrogen and oxygen atoms in total. The quantitative estimate of drug-likeness (QED) is 0.923. The molecule has 0 spiro atoms. The molecule has 0 bridgehead atoms. The highest BCUT2D eigenvalue weighted by Gasteiger charge is 2.28. The number of hydrogen-bond donors (Lipinski definition) is 1. The third-order valence-electron chi connectivity index (χ3n) is 4.45. The van der Waals surface area contributed by atoms with Gasteiger partial charge in [0.05, 0.1) is 10.4 Å². The number of anilines is 1. The van der Waals surface area contributed by atoms with Gasteiger partial charge in [0.2, 0.25) is 0 Å². The number of aromatic nitrogens is 1. The number of amides is 1. The number of nitrogens with two attached hydrogens (primary N) is 1. The van der Waals surface area contributed by atoms with Crippen molar-refractivity contribution in [3.8, 4) is 0 Å². The molecule has 21 heavy (non-hydrogen) atoms. The highest BCUT2D eigenvalue weighted by atomic mass is 32.1. The van der Waals surface area contributed by atoms with Crippen LogP contribution in [-0.4, -0.2) is 28.9 Å². The summed E-state index contributed by atoms with van der Waals surface area (Å²) in [4.78, 5) is 19.6. The molecule has 0 saturated heterocycles. The minimum absolute atomic E-state index is 0.0367. The summed E-state index contributed by atoms with van der Waals surface area (Å²) in [5.41, 5.74) is 7.41. The van der Waals surface area contributed by atoms with Crippen LogP contribution in [0.5, 0.6) is 0 Å². The molecule has 3 rings (SSSR count). The SMILES string of the molecule is CC1CCCC(N(C)C(=O)c2sc3cccnc3c2N)C1. The topological polar surface area (TPSA) is 59.2 Å². The van der Waals surface area contributed by atoms with Crippen LogP contribution in [0.15, 0.2) is 18.3 Å². The first-order valence-electron chi connectivity index (χ1n) is 7.48. The first-order chi connectivity index (χ1) is 10.1. The molecular formula is C16H21N3OS. The Balaban J connectivity index is 1.87. The van der Waals surface area contributed by atoms with Crippen molar-refractivity contribution in [2.75, 3.05) is 12.8 Å². The van der Waals surface area contributed by atoms with E-state index >= 15 is 0 Å². The lowest BCUT2D eigenvalue weighted by Crippen LogP contribution is -2.39. The van der Waals surface area contributed by atoms with Gasteiger partial charge >= 0.3 is 0 Å². The first-order valence-corrected chi connectivity index (χ1v) is 8.29. The number of rotatable bonds is 2. The number of carbonyl (C=O) groups is 1. The van der Waals surface area contributed by atoms with Crippen molar-refractivity contribution >= 4 is 33.1 Å². The Bertz CT molecular complexity index is 667. The molecule has 2 N–H and O–H groups in total. The average molecular weight is 303 g/mol. The highest BCUT2D eigenvalue weighted by molar-refractivity contribution is 7.21. The predicted molar refractivity (Wildman–Crippen MR) is 87.5 cm³/mol. The maximum Gasteiger partial charge on any atom is 0.266 e. The second-order valence-corrected chi connectivity index (χ2v) is 7.09. The fourth-order valence-electron chi connectivity index (χ4n) is 3.19. The van der Waals surface area contributed by atoms with Gasteiger partial charge in [0.25, 0.3) is 5.91 Å². The lowest BCUT2D eigenvalue weighted by atomic mass is 9.86. The van der Waals surface area contributed by atoms with Crippen molar-refractivity contribution < 1.29 is 4.79 Å². The van der Waals surface area contributed by atoms with Gasteiger partial charge in [0.1, 0.15) is 10.4 Å². The third-order valence-corrected chi connectivity index (χ3v) is 5.60. The number of nitrogens with zero attached hydrogens (tertiary/aromatic N) is 2. The Kier molecular flexibility index (Phi) is 3.85. The minimum Gasteiger partial charge on any atom is -0.396 e. The number of hydrogen-bond acceptors (Lipinski definition) is 4. The minimum atomic E-state index is 0.0367. The lowest BCUT2D eigenvalue weighted by molar-refractivity contribution is 0.0678. The van der Waals surface area contributed by atoms with E-state index in [1.54, 1.807) is 6.20 Å². The van der Waals surface area contributed by atoms with Gasteiger partial charge in [-0.25, -0.2) is 0 Å². The van der Waals surface area contributed by atoms with Crippen molar-refractivity contribution in [2.24, 2.45) is 5.92 Å². The van der Waals surface area contributed by atoms with Crippen LogP contribution >= 0.6 is 11.3 Å². The van der Waals surface area contributed by atoms with Gasteiger partial charge in [-0.3, -0.25) is 9.78 Å². The Morgan fingerprint density at radius 3 is 3.00 bits per heavy atom. The Labute approximate surface area is 129 Å². The summed E-state index contributed by atoms with van der Waals surface area (Å²) in [7, 11) is 1.91. The molecule has 5 heteroatoms. The van der Waals surface area contributed by atoms with Crippen molar-refractivity contribution in [1.82, 2.24) is 9.88 Å². The van der Waals surface area contributed by atoms with E-state index in [0.29, 0.717) is 22.5 Å². The van der Waals surface area contributed by atoms with Gasteiger partial charge in [0.15, 0.2) is 0 Å². The van der Waals surface area contributed by atoms with Gasteiger partial charge in [-0.2, -0.15) is 0 Å². The molecule has 2 aromatic heterocycles. The van der Waals surface area contributed by atoms with Crippen LogP contribution < -0.4 is 5.73 Å². The Morgan fingerprint density at radius 1 is 1.48 bits per heavy atom. The van der Waals surface area contributed by atoms with Crippen LogP contribution in [0.2, 0.25) is 0 Å². The maximum absolute atomic E-state index is 12.8. The smallest absolute Gasteiger partial charge is 0.266 e. The van der Waals surface area contributed by atoms with Crippen LogP contribution in [0.25, 0.3) is 10.2 Å². The normalized spacial score (nSPS) is 22.4. The van der Waals surface area contributed by atoms with Gasteiger partial charge in [-0.05, 0) is 30.9 Å². The standard InChI is InChI=1S/C16H21N3OS/c1-10-5-3-6-11(9-10)19(2)16(20)15-13(17)14-12(21-15)7-4-8-18-14/h4,7-8,10-11H,3,5-6,9,17H2,1-2H3.